The monoisotopic (exact) mass is 495 g/mol. The van der Waals surface area contributed by atoms with Gasteiger partial charge >= 0.3 is 0 Å². The molecule has 0 bridgehead atoms. The van der Waals surface area contributed by atoms with E-state index in [1.807, 2.05) is 91.9 Å². The maximum absolute atomic E-state index is 13.1. The maximum atomic E-state index is 13.1. The molecule has 6 heteroatoms. The second-order valence-electron chi connectivity index (χ2n) is 8.73. The largest absolute Gasteiger partial charge is 0.489 e. The van der Waals surface area contributed by atoms with Gasteiger partial charge in [-0.15, -0.1) is 0 Å². The highest BCUT2D eigenvalue weighted by Crippen LogP contribution is 2.28. The van der Waals surface area contributed by atoms with Crippen molar-refractivity contribution in [1.82, 2.24) is 4.57 Å². The molecular weight excluding hydrogens is 470 g/mol. The van der Waals surface area contributed by atoms with Gasteiger partial charge in [-0.25, -0.2) is 0 Å². The minimum absolute atomic E-state index is 0.122. The summed E-state index contributed by atoms with van der Waals surface area (Å²) in [7, 11) is 0. The van der Waals surface area contributed by atoms with Crippen LogP contribution >= 0.6 is 11.6 Å². The fraction of sp³-hybridized carbons (Fsp3) is 0.133. The van der Waals surface area contributed by atoms with E-state index in [4.69, 9.17) is 16.3 Å². The zero-order valence-electron chi connectivity index (χ0n) is 20.4. The van der Waals surface area contributed by atoms with Gasteiger partial charge in [0.2, 0.25) is 0 Å². The highest BCUT2D eigenvalue weighted by atomic mass is 35.5. The van der Waals surface area contributed by atoms with E-state index in [1.54, 1.807) is 0 Å². The first-order valence-corrected chi connectivity index (χ1v) is 12.1. The van der Waals surface area contributed by atoms with Crippen LogP contribution in [0.3, 0.4) is 0 Å². The van der Waals surface area contributed by atoms with Gasteiger partial charge in [0.05, 0.1) is 17.0 Å². The van der Waals surface area contributed by atoms with Crippen molar-refractivity contribution in [1.29, 1.82) is 0 Å². The number of anilines is 1. The quantitative estimate of drug-likeness (QED) is 0.267. The van der Waals surface area contributed by atoms with Gasteiger partial charge in [-0.1, -0.05) is 48.0 Å². The number of carbonyl (C=O) groups is 1. The summed E-state index contributed by atoms with van der Waals surface area (Å²) in [5.74, 6) is 0.649. The molecule has 1 amide bonds. The number of halogens is 1. The van der Waals surface area contributed by atoms with Gasteiger partial charge in [-0.05, 0) is 80.9 Å². The normalized spacial score (nSPS) is 14.4. The molecule has 0 spiro atoms. The number of rotatable bonds is 6. The van der Waals surface area contributed by atoms with Crippen LogP contribution in [0.2, 0.25) is 5.02 Å². The van der Waals surface area contributed by atoms with Gasteiger partial charge in [0.1, 0.15) is 12.4 Å². The van der Waals surface area contributed by atoms with Crippen LogP contribution in [0.25, 0.3) is 11.8 Å². The van der Waals surface area contributed by atoms with Crippen molar-refractivity contribution < 1.29 is 9.53 Å². The van der Waals surface area contributed by atoms with Crippen LogP contribution in [0.1, 0.15) is 29.4 Å². The zero-order chi connectivity index (χ0) is 25.2. The Morgan fingerprint density at radius 2 is 1.58 bits per heavy atom. The zero-order valence-corrected chi connectivity index (χ0v) is 21.2. The van der Waals surface area contributed by atoms with Crippen LogP contribution in [-0.4, -0.2) is 16.2 Å². The fourth-order valence-electron chi connectivity index (χ4n) is 4.38. The van der Waals surface area contributed by atoms with E-state index >= 15 is 0 Å². The molecule has 0 saturated heterocycles. The smallest absolute Gasteiger partial charge is 0.280 e. The van der Waals surface area contributed by atoms with Crippen LogP contribution in [0.5, 0.6) is 5.75 Å². The summed E-state index contributed by atoms with van der Waals surface area (Å²) in [5.41, 5.74) is 7.13. The Bertz CT molecular complexity index is 1480. The van der Waals surface area contributed by atoms with E-state index in [2.05, 4.69) is 29.6 Å². The molecular formula is C30H26ClN3O2. The SMILES string of the molecule is CC1=NN(c2ccccc2)C(=O)/C1=C/c1cc(C)n(-c2ccc(OCc3ccccc3Cl)cc2)c1C. The highest BCUT2D eigenvalue weighted by molar-refractivity contribution is 6.32. The topological polar surface area (TPSA) is 46.8 Å². The second kappa shape index (κ2) is 9.88. The van der Waals surface area contributed by atoms with Gasteiger partial charge in [0.15, 0.2) is 0 Å². The lowest BCUT2D eigenvalue weighted by atomic mass is 10.1. The van der Waals surface area contributed by atoms with Crippen molar-refractivity contribution in [3.63, 3.8) is 0 Å². The van der Waals surface area contributed by atoms with E-state index in [9.17, 15) is 4.79 Å². The van der Waals surface area contributed by atoms with Crippen LogP contribution in [0.4, 0.5) is 5.69 Å². The minimum atomic E-state index is -0.122. The Hall–Kier alpha value is -4.09. The summed E-state index contributed by atoms with van der Waals surface area (Å²) < 4.78 is 8.10. The van der Waals surface area contributed by atoms with Gasteiger partial charge in [0.25, 0.3) is 5.91 Å². The average Bonchev–Trinajstić information content (AvgIpc) is 3.33. The highest BCUT2D eigenvalue weighted by Gasteiger charge is 2.29. The van der Waals surface area contributed by atoms with Gasteiger partial charge < -0.3 is 9.30 Å². The lowest BCUT2D eigenvalue weighted by molar-refractivity contribution is -0.114. The van der Waals surface area contributed by atoms with E-state index in [-0.39, 0.29) is 5.91 Å². The van der Waals surface area contributed by atoms with Crippen molar-refractivity contribution in [2.45, 2.75) is 27.4 Å². The number of benzene rings is 3. The van der Waals surface area contributed by atoms with E-state index in [0.717, 1.165) is 39.6 Å². The molecule has 1 aliphatic heterocycles. The molecule has 36 heavy (non-hydrogen) atoms. The van der Waals surface area contributed by atoms with Crippen LogP contribution < -0.4 is 9.75 Å². The Morgan fingerprint density at radius 3 is 2.31 bits per heavy atom. The number of hydrogen-bond donors (Lipinski definition) is 0. The molecule has 4 aromatic rings. The molecule has 180 valence electrons. The predicted molar refractivity (Wildman–Crippen MR) is 146 cm³/mol. The number of nitrogens with zero attached hydrogens (tertiary/aromatic N) is 3. The number of hydrazone groups is 1. The third kappa shape index (κ3) is 4.58. The Labute approximate surface area is 215 Å². The molecule has 0 fully saturated rings. The molecule has 5 rings (SSSR count). The van der Waals surface area contributed by atoms with E-state index in [1.165, 1.54) is 5.01 Å². The number of para-hydroxylation sites is 1. The fourth-order valence-corrected chi connectivity index (χ4v) is 4.57. The molecule has 1 aliphatic rings. The summed E-state index contributed by atoms with van der Waals surface area (Å²) >= 11 is 6.23. The Kier molecular flexibility index (Phi) is 6.49. The van der Waals surface area contributed by atoms with Crippen LogP contribution in [0.15, 0.2) is 95.6 Å². The van der Waals surface area contributed by atoms with Crippen molar-refractivity contribution in [3.8, 4) is 11.4 Å². The van der Waals surface area contributed by atoms with Crippen molar-refractivity contribution in [3.05, 3.63) is 118 Å². The molecule has 5 nitrogen and oxygen atoms in total. The third-order valence-electron chi connectivity index (χ3n) is 6.28. The first-order valence-electron chi connectivity index (χ1n) is 11.7. The number of amides is 1. The minimum Gasteiger partial charge on any atom is -0.489 e. The molecule has 3 aromatic carbocycles. The van der Waals surface area contributed by atoms with Gasteiger partial charge in [-0.2, -0.15) is 10.1 Å². The molecule has 2 heterocycles. The third-order valence-corrected chi connectivity index (χ3v) is 6.65. The first-order chi connectivity index (χ1) is 17.4. The number of aromatic nitrogens is 1. The summed E-state index contributed by atoms with van der Waals surface area (Å²) in [4.78, 5) is 13.1. The molecule has 0 atom stereocenters. The van der Waals surface area contributed by atoms with Crippen molar-refractivity contribution in [2.75, 3.05) is 5.01 Å². The van der Waals surface area contributed by atoms with Crippen LogP contribution in [-0.2, 0) is 11.4 Å². The molecule has 0 unspecified atom stereocenters. The van der Waals surface area contributed by atoms with Gasteiger partial charge in [0, 0.05) is 27.7 Å². The molecule has 0 N–H and O–H groups in total. The van der Waals surface area contributed by atoms with Gasteiger partial charge in [-0.3, -0.25) is 4.79 Å². The molecule has 0 aliphatic carbocycles. The number of hydrogen-bond acceptors (Lipinski definition) is 3. The average molecular weight is 496 g/mol. The first kappa shape index (κ1) is 23.6. The summed E-state index contributed by atoms with van der Waals surface area (Å²) in [6, 6.07) is 27.2. The lowest BCUT2D eigenvalue weighted by Crippen LogP contribution is -2.21. The maximum Gasteiger partial charge on any atom is 0.280 e. The van der Waals surface area contributed by atoms with Crippen molar-refractivity contribution in [2.24, 2.45) is 5.10 Å². The lowest BCUT2D eigenvalue weighted by Gasteiger charge is -2.12. The summed E-state index contributed by atoms with van der Waals surface area (Å²) in [5, 5.41) is 6.65. The number of carbonyl (C=O) groups excluding carboxylic acids is 1. The van der Waals surface area contributed by atoms with Crippen molar-refractivity contribution >= 4 is 35.0 Å². The second-order valence-corrected chi connectivity index (χ2v) is 9.14. The standard InChI is InChI=1S/C30H26ClN3O2/c1-20-17-24(18-28-21(2)32-34(30(28)35)26-10-5-4-6-11-26)22(3)33(20)25-13-15-27(16-14-25)36-19-23-9-7-8-12-29(23)31/h4-18H,19H2,1-3H3/b28-18+. The molecule has 1 aromatic heterocycles. The summed E-state index contributed by atoms with van der Waals surface area (Å²) in [6.45, 7) is 6.40. The Balaban J connectivity index is 1.37. The summed E-state index contributed by atoms with van der Waals surface area (Å²) in [6.07, 6.45) is 1.93. The Morgan fingerprint density at radius 1 is 0.889 bits per heavy atom. The van der Waals surface area contributed by atoms with E-state index < -0.39 is 0 Å². The number of aryl methyl sites for hydroxylation is 1. The molecule has 0 radical (unpaired) electrons. The van der Waals surface area contributed by atoms with Crippen LogP contribution in [0, 0.1) is 13.8 Å². The van der Waals surface area contributed by atoms with E-state index in [0.29, 0.717) is 22.9 Å². The molecule has 0 saturated carbocycles. The number of ether oxygens (including phenoxy) is 1. The predicted octanol–water partition coefficient (Wildman–Crippen LogP) is 7.13.